The molecule has 2 heterocycles. The molecule has 103 valence electrons. The van der Waals surface area contributed by atoms with Gasteiger partial charge < -0.3 is 4.40 Å². The summed E-state index contributed by atoms with van der Waals surface area (Å²) < 4.78 is 2.11. The molecule has 21 heavy (non-hydrogen) atoms. The molecule has 0 fully saturated rings. The summed E-state index contributed by atoms with van der Waals surface area (Å²) in [6.45, 7) is 4.15. The van der Waals surface area contributed by atoms with E-state index < -0.39 is 0 Å². The largest absolute Gasteiger partial charge is 0.353 e. The molecule has 0 unspecified atom stereocenters. The number of nitrogens with zero attached hydrogens (tertiary/aromatic N) is 1. The average Bonchev–Trinajstić information content (AvgIpc) is 2.69. The molecule has 5 radical (unpaired) electrons. The van der Waals surface area contributed by atoms with Gasteiger partial charge >= 0.3 is 0 Å². The molecule has 6 heteroatoms. The second-order valence-electron chi connectivity index (χ2n) is 3.87. The van der Waals surface area contributed by atoms with E-state index in [2.05, 4.69) is 47.7 Å². The molecule has 0 saturated heterocycles. The molecule has 1 aromatic carbocycles. The van der Waals surface area contributed by atoms with Crippen molar-refractivity contribution in [2.75, 3.05) is 0 Å². The van der Waals surface area contributed by atoms with E-state index in [1.165, 1.54) is 16.6 Å². The molecule has 0 bridgehead atoms. The van der Waals surface area contributed by atoms with Gasteiger partial charge in [0.15, 0.2) is 0 Å². The minimum atomic E-state index is 0. The van der Waals surface area contributed by atoms with Crippen molar-refractivity contribution in [1.82, 2.24) is 4.40 Å². The molecule has 0 aliphatic rings. The fraction of sp³-hybridized carbons (Fsp3) is 0. The summed E-state index contributed by atoms with van der Waals surface area (Å²) in [5.41, 5.74) is 4.65. The predicted molar refractivity (Wildman–Crippen MR) is 67.3 cm³/mol. The van der Waals surface area contributed by atoms with Crippen molar-refractivity contribution >= 4 is 5.52 Å². The van der Waals surface area contributed by atoms with Crippen molar-refractivity contribution in [1.29, 1.82) is 0 Å². The van der Waals surface area contributed by atoms with Gasteiger partial charge in [0, 0.05) is 104 Å². The first-order valence-corrected chi connectivity index (χ1v) is 5.34. The van der Waals surface area contributed by atoms with Gasteiger partial charge in [0.1, 0.15) is 0 Å². The molecular formula is C15H12NV5-. The summed E-state index contributed by atoms with van der Waals surface area (Å²) in [7, 11) is 0. The smallest absolute Gasteiger partial charge is 0.0251 e. The van der Waals surface area contributed by atoms with Crippen LogP contribution in [0.25, 0.3) is 16.6 Å². The van der Waals surface area contributed by atoms with E-state index in [9.17, 15) is 0 Å². The fourth-order valence-electron chi connectivity index (χ4n) is 2.05. The van der Waals surface area contributed by atoms with E-state index in [0.29, 0.717) is 0 Å². The van der Waals surface area contributed by atoms with E-state index in [1.807, 2.05) is 24.4 Å². The third kappa shape index (κ3) is 5.72. The van der Waals surface area contributed by atoms with Crippen LogP contribution in [0.3, 0.4) is 0 Å². The van der Waals surface area contributed by atoms with Gasteiger partial charge in [-0.05, 0) is 12.1 Å². The average molecular weight is 461 g/mol. The molecule has 0 atom stereocenters. The molecule has 2 aromatic heterocycles. The van der Waals surface area contributed by atoms with Crippen LogP contribution in [0.5, 0.6) is 0 Å². The maximum Gasteiger partial charge on any atom is 0.0251 e. The molecule has 1 nitrogen and oxygen atoms in total. The first-order chi connectivity index (χ1) is 7.86. The molecule has 0 aliphatic heterocycles. The first kappa shape index (κ1) is 26.7. The van der Waals surface area contributed by atoms with Crippen LogP contribution in [0.2, 0.25) is 0 Å². The SMILES string of the molecule is [CH2-]c1c(-c2ccccc2)cc2ccccn12.[V].[V].[V].[V].[V]. The van der Waals surface area contributed by atoms with Crippen LogP contribution in [-0.4, -0.2) is 4.40 Å². The maximum absolute atomic E-state index is 4.15. The van der Waals surface area contributed by atoms with Gasteiger partial charge in [-0.1, -0.05) is 42.0 Å². The molecule has 0 spiro atoms. The number of aromatic nitrogens is 1. The maximum atomic E-state index is 4.15. The monoisotopic (exact) mass is 461 g/mol. The van der Waals surface area contributed by atoms with Crippen LogP contribution in [0, 0.1) is 6.92 Å². The molecular weight excluding hydrogens is 449 g/mol. The van der Waals surface area contributed by atoms with Crippen molar-refractivity contribution in [3.05, 3.63) is 73.4 Å². The van der Waals surface area contributed by atoms with E-state index in [4.69, 9.17) is 0 Å². The zero-order valence-electron chi connectivity index (χ0n) is 11.2. The summed E-state index contributed by atoms with van der Waals surface area (Å²) in [5.74, 6) is 0. The number of benzene rings is 1. The van der Waals surface area contributed by atoms with Gasteiger partial charge in [-0.15, -0.1) is 17.3 Å². The quantitative estimate of drug-likeness (QED) is 0.487. The van der Waals surface area contributed by atoms with Gasteiger partial charge in [-0.2, -0.15) is 0 Å². The number of hydrogen-bond donors (Lipinski definition) is 0. The Kier molecular flexibility index (Phi) is 15.5. The first-order valence-electron chi connectivity index (χ1n) is 5.34. The normalized spacial score (nSPS) is 8.19. The van der Waals surface area contributed by atoms with Crippen molar-refractivity contribution in [3.63, 3.8) is 0 Å². The van der Waals surface area contributed by atoms with Crippen LogP contribution in [0.15, 0.2) is 60.8 Å². The van der Waals surface area contributed by atoms with Gasteiger partial charge in [-0.3, -0.25) is 0 Å². The molecule has 0 amide bonds. The Morgan fingerprint density at radius 3 is 1.86 bits per heavy atom. The van der Waals surface area contributed by atoms with E-state index >= 15 is 0 Å². The third-order valence-corrected chi connectivity index (χ3v) is 2.87. The Balaban J connectivity index is -0.000000648. The zero-order valence-corrected chi connectivity index (χ0v) is 18.1. The molecule has 0 N–H and O–H groups in total. The summed E-state index contributed by atoms with van der Waals surface area (Å²) in [6.07, 6.45) is 2.05. The van der Waals surface area contributed by atoms with E-state index in [1.54, 1.807) is 0 Å². The summed E-state index contributed by atoms with van der Waals surface area (Å²) >= 11 is 0. The predicted octanol–water partition coefficient (Wildman–Crippen LogP) is 3.78. The van der Waals surface area contributed by atoms with Gasteiger partial charge in [0.2, 0.25) is 0 Å². The number of fused-ring (bicyclic) bond motifs is 1. The number of rotatable bonds is 1. The summed E-state index contributed by atoms with van der Waals surface area (Å²) in [4.78, 5) is 0. The minimum absolute atomic E-state index is 0. The van der Waals surface area contributed by atoms with E-state index in [-0.39, 0.29) is 92.8 Å². The molecule has 3 aromatic rings. The standard InChI is InChI=1S/C15H12N.5V/c1-12-15(13-7-3-2-4-8-13)11-14-9-5-6-10-16(12)14;;;;;/h2-11H,1H2;;;;;/q-1;;;;;. The van der Waals surface area contributed by atoms with Crippen LogP contribution in [0.1, 0.15) is 5.69 Å². The Morgan fingerprint density at radius 2 is 1.29 bits per heavy atom. The third-order valence-electron chi connectivity index (χ3n) is 2.87. The number of hydrogen-bond acceptors (Lipinski definition) is 0. The second-order valence-corrected chi connectivity index (χ2v) is 3.87. The van der Waals surface area contributed by atoms with Crippen LogP contribution in [0.4, 0.5) is 0 Å². The second kappa shape index (κ2) is 12.2. The van der Waals surface area contributed by atoms with Crippen molar-refractivity contribution in [3.8, 4) is 11.1 Å². The topological polar surface area (TPSA) is 4.41 Å². The van der Waals surface area contributed by atoms with Crippen LogP contribution in [-0.2, 0) is 92.8 Å². The Hall–Kier alpha value is 0.772. The van der Waals surface area contributed by atoms with Crippen molar-refractivity contribution in [2.24, 2.45) is 0 Å². The zero-order chi connectivity index (χ0) is 11.0. The van der Waals surface area contributed by atoms with Gasteiger partial charge in [0.05, 0.1) is 0 Å². The number of pyridine rings is 1. The summed E-state index contributed by atoms with van der Waals surface area (Å²) in [6, 6.07) is 18.7. The van der Waals surface area contributed by atoms with Gasteiger partial charge in [0.25, 0.3) is 0 Å². The fourth-order valence-corrected chi connectivity index (χ4v) is 2.05. The van der Waals surface area contributed by atoms with Gasteiger partial charge in [-0.25, -0.2) is 6.92 Å². The van der Waals surface area contributed by atoms with E-state index in [0.717, 1.165) is 5.69 Å². The Bertz CT molecular complexity index is 637. The van der Waals surface area contributed by atoms with Crippen LogP contribution < -0.4 is 0 Å². The minimum Gasteiger partial charge on any atom is -0.353 e. The van der Waals surface area contributed by atoms with Crippen molar-refractivity contribution < 1.29 is 92.8 Å². The van der Waals surface area contributed by atoms with Crippen molar-refractivity contribution in [2.45, 2.75) is 0 Å². The summed E-state index contributed by atoms with van der Waals surface area (Å²) in [5, 5.41) is 0. The molecule has 3 rings (SSSR count). The Labute approximate surface area is 185 Å². The van der Waals surface area contributed by atoms with Crippen LogP contribution >= 0.6 is 0 Å². The molecule has 0 saturated carbocycles. The molecule has 0 aliphatic carbocycles. The Morgan fingerprint density at radius 1 is 0.714 bits per heavy atom.